The molecule has 0 unspecified atom stereocenters. The normalized spacial score (nSPS) is 10.7. The van der Waals surface area contributed by atoms with Crippen LogP contribution in [0, 0.1) is 0 Å². The molecule has 0 aliphatic carbocycles. The summed E-state index contributed by atoms with van der Waals surface area (Å²) < 4.78 is 12.3. The average molecular weight is 316 g/mol. The van der Waals surface area contributed by atoms with Crippen molar-refractivity contribution in [1.82, 2.24) is 4.57 Å². The minimum absolute atomic E-state index is 0.155. The summed E-state index contributed by atoms with van der Waals surface area (Å²) in [6.07, 6.45) is 0. The highest BCUT2D eigenvalue weighted by Gasteiger charge is 2.15. The van der Waals surface area contributed by atoms with Crippen LogP contribution in [0.25, 0.3) is 10.2 Å². The Morgan fingerprint density at radius 2 is 1.91 bits per heavy atom. The van der Waals surface area contributed by atoms with Crippen molar-refractivity contribution in [3.8, 4) is 11.5 Å². The Morgan fingerprint density at radius 1 is 1.14 bits per heavy atom. The van der Waals surface area contributed by atoms with Gasteiger partial charge in [-0.05, 0) is 29.6 Å². The summed E-state index contributed by atoms with van der Waals surface area (Å²) in [4.78, 5) is 13.5. The van der Waals surface area contributed by atoms with Crippen molar-refractivity contribution >= 4 is 33.1 Å². The van der Waals surface area contributed by atoms with Gasteiger partial charge < -0.3 is 19.4 Å². The van der Waals surface area contributed by atoms with E-state index in [0.717, 1.165) is 10.2 Å². The quantitative estimate of drug-likeness (QED) is 0.801. The van der Waals surface area contributed by atoms with E-state index in [4.69, 9.17) is 9.47 Å². The summed E-state index contributed by atoms with van der Waals surface area (Å²) >= 11 is 1.62. The predicted octanol–water partition coefficient (Wildman–Crippen LogP) is 3.51. The summed E-state index contributed by atoms with van der Waals surface area (Å²) in [5, 5.41) is 5.97. The maximum Gasteiger partial charge on any atom is 0.272 e. The van der Waals surface area contributed by atoms with Crippen LogP contribution in [0.4, 0.5) is 5.69 Å². The first-order valence-corrected chi connectivity index (χ1v) is 7.58. The van der Waals surface area contributed by atoms with Crippen molar-refractivity contribution in [1.29, 1.82) is 0 Å². The lowest BCUT2D eigenvalue weighted by Crippen LogP contribution is -2.15. The molecule has 1 aromatic carbocycles. The predicted molar refractivity (Wildman–Crippen MR) is 88.3 cm³/mol. The number of hydrogen-bond acceptors (Lipinski definition) is 4. The fourth-order valence-corrected chi connectivity index (χ4v) is 3.24. The number of methoxy groups -OCH3 is 2. The lowest BCUT2D eigenvalue weighted by molar-refractivity contribution is 0.102. The summed E-state index contributed by atoms with van der Waals surface area (Å²) in [7, 11) is 5.03. The van der Waals surface area contributed by atoms with Crippen LogP contribution in [0.3, 0.4) is 0 Å². The molecule has 0 aliphatic rings. The van der Waals surface area contributed by atoms with E-state index in [-0.39, 0.29) is 5.91 Å². The molecule has 0 bridgehead atoms. The zero-order valence-corrected chi connectivity index (χ0v) is 13.4. The highest BCUT2D eigenvalue weighted by Crippen LogP contribution is 2.30. The summed E-state index contributed by atoms with van der Waals surface area (Å²) in [6, 6.07) is 9.18. The third-order valence-electron chi connectivity index (χ3n) is 3.51. The third-order valence-corrected chi connectivity index (χ3v) is 4.51. The molecule has 3 rings (SSSR count). The number of rotatable bonds is 4. The number of hydrogen-bond donors (Lipinski definition) is 1. The summed E-state index contributed by atoms with van der Waals surface area (Å²) in [5.74, 6) is 1.05. The van der Waals surface area contributed by atoms with Gasteiger partial charge in [0.2, 0.25) is 0 Å². The second kappa shape index (κ2) is 5.73. The molecule has 114 valence electrons. The lowest BCUT2D eigenvalue weighted by Gasteiger charge is -2.11. The molecule has 22 heavy (non-hydrogen) atoms. The molecule has 5 nitrogen and oxygen atoms in total. The molecule has 1 amide bonds. The Labute approximate surface area is 132 Å². The van der Waals surface area contributed by atoms with Crippen molar-refractivity contribution in [2.24, 2.45) is 7.05 Å². The van der Waals surface area contributed by atoms with Gasteiger partial charge in [-0.15, -0.1) is 11.3 Å². The fourth-order valence-electron chi connectivity index (χ4n) is 2.37. The number of carbonyl (C=O) groups is 1. The molecule has 3 aromatic rings. The van der Waals surface area contributed by atoms with Crippen LogP contribution in [0.5, 0.6) is 11.5 Å². The number of amides is 1. The van der Waals surface area contributed by atoms with Gasteiger partial charge in [-0.2, -0.15) is 0 Å². The zero-order valence-electron chi connectivity index (χ0n) is 12.5. The van der Waals surface area contributed by atoms with Gasteiger partial charge in [0.15, 0.2) is 11.5 Å². The minimum atomic E-state index is -0.155. The Morgan fingerprint density at radius 3 is 2.59 bits per heavy atom. The highest BCUT2D eigenvalue weighted by molar-refractivity contribution is 7.16. The second-order valence-electron chi connectivity index (χ2n) is 4.79. The van der Waals surface area contributed by atoms with Gasteiger partial charge in [0.25, 0.3) is 5.91 Å². The Kier molecular flexibility index (Phi) is 3.77. The molecule has 0 saturated carbocycles. The van der Waals surface area contributed by atoms with Crippen molar-refractivity contribution < 1.29 is 14.3 Å². The van der Waals surface area contributed by atoms with Gasteiger partial charge in [-0.1, -0.05) is 0 Å². The molecule has 0 radical (unpaired) electrons. The molecule has 0 aliphatic heterocycles. The van der Waals surface area contributed by atoms with E-state index in [1.165, 1.54) is 0 Å². The van der Waals surface area contributed by atoms with Gasteiger partial charge >= 0.3 is 0 Å². The van der Waals surface area contributed by atoms with Crippen molar-refractivity contribution in [3.05, 3.63) is 41.4 Å². The summed E-state index contributed by atoms with van der Waals surface area (Å²) in [6.45, 7) is 0. The van der Waals surface area contributed by atoms with Crippen LogP contribution >= 0.6 is 11.3 Å². The fraction of sp³-hybridized carbons (Fsp3) is 0.188. The third kappa shape index (κ3) is 2.42. The number of aryl methyl sites for hydroxylation is 1. The van der Waals surface area contributed by atoms with Crippen LogP contribution < -0.4 is 14.8 Å². The van der Waals surface area contributed by atoms with Crippen LogP contribution in [-0.2, 0) is 7.05 Å². The lowest BCUT2D eigenvalue weighted by atomic mass is 10.2. The molecule has 0 saturated heterocycles. The Hall–Kier alpha value is -2.47. The maximum absolute atomic E-state index is 12.5. The first-order chi connectivity index (χ1) is 10.6. The first-order valence-electron chi connectivity index (χ1n) is 6.70. The highest BCUT2D eigenvalue weighted by atomic mass is 32.1. The van der Waals surface area contributed by atoms with Crippen LogP contribution in [-0.4, -0.2) is 24.7 Å². The minimum Gasteiger partial charge on any atom is -0.493 e. The van der Waals surface area contributed by atoms with Crippen LogP contribution in [0.15, 0.2) is 35.7 Å². The van der Waals surface area contributed by atoms with Crippen LogP contribution in [0.2, 0.25) is 0 Å². The number of nitrogens with one attached hydrogen (secondary N) is 1. The Bertz CT molecular complexity index is 835. The van der Waals surface area contributed by atoms with E-state index < -0.39 is 0 Å². The van der Waals surface area contributed by atoms with E-state index in [1.54, 1.807) is 43.8 Å². The van der Waals surface area contributed by atoms with Gasteiger partial charge in [0.05, 0.1) is 14.2 Å². The molecular formula is C16H16N2O3S. The number of fused-ring (bicyclic) bond motifs is 1. The molecular weight excluding hydrogens is 300 g/mol. The monoisotopic (exact) mass is 316 g/mol. The van der Waals surface area contributed by atoms with Crippen molar-refractivity contribution in [3.63, 3.8) is 0 Å². The standard InChI is InChI=1S/C16H16N2O3S/c1-18-12(8-10-6-7-22-16(10)18)15(19)17-11-4-5-13(20-2)14(9-11)21-3/h4-9H,1-3H3,(H,17,19). The van der Waals surface area contributed by atoms with Crippen molar-refractivity contribution in [2.45, 2.75) is 0 Å². The molecule has 6 heteroatoms. The van der Waals surface area contributed by atoms with Gasteiger partial charge in [-0.25, -0.2) is 0 Å². The largest absolute Gasteiger partial charge is 0.493 e. The average Bonchev–Trinajstić information content (AvgIpc) is 3.10. The first kappa shape index (κ1) is 14.5. The second-order valence-corrected chi connectivity index (χ2v) is 5.69. The molecule has 0 atom stereocenters. The number of aromatic nitrogens is 1. The number of nitrogens with zero attached hydrogens (tertiary/aromatic N) is 1. The maximum atomic E-state index is 12.5. The SMILES string of the molecule is COc1ccc(NC(=O)c2cc3ccsc3n2C)cc1OC. The number of anilines is 1. The van der Waals surface area contributed by atoms with E-state index in [0.29, 0.717) is 22.9 Å². The topological polar surface area (TPSA) is 52.5 Å². The number of ether oxygens (including phenoxy) is 2. The molecule has 2 aromatic heterocycles. The molecule has 0 fully saturated rings. The number of carbonyl (C=O) groups excluding carboxylic acids is 1. The number of thiophene rings is 1. The van der Waals surface area contributed by atoms with E-state index in [2.05, 4.69) is 5.32 Å². The van der Waals surface area contributed by atoms with E-state index >= 15 is 0 Å². The van der Waals surface area contributed by atoms with E-state index in [9.17, 15) is 4.79 Å². The summed E-state index contributed by atoms with van der Waals surface area (Å²) in [5.41, 5.74) is 1.28. The van der Waals surface area contributed by atoms with Crippen molar-refractivity contribution in [2.75, 3.05) is 19.5 Å². The van der Waals surface area contributed by atoms with E-state index in [1.807, 2.05) is 29.1 Å². The van der Waals surface area contributed by atoms with Gasteiger partial charge in [0.1, 0.15) is 10.5 Å². The van der Waals surface area contributed by atoms with Gasteiger partial charge in [-0.3, -0.25) is 4.79 Å². The Balaban J connectivity index is 1.87. The molecule has 1 N–H and O–H groups in total. The number of benzene rings is 1. The molecule has 0 spiro atoms. The zero-order chi connectivity index (χ0) is 15.7. The van der Waals surface area contributed by atoms with Gasteiger partial charge in [0, 0.05) is 24.2 Å². The smallest absolute Gasteiger partial charge is 0.272 e. The van der Waals surface area contributed by atoms with Crippen LogP contribution in [0.1, 0.15) is 10.5 Å². The molecule has 2 heterocycles.